The lowest BCUT2D eigenvalue weighted by Gasteiger charge is -2.10. The molecule has 0 radical (unpaired) electrons. The molecule has 4 heteroatoms. The van der Waals surface area contributed by atoms with Crippen LogP contribution in [0, 0.1) is 0 Å². The monoisotopic (exact) mass is 329 g/mol. The van der Waals surface area contributed by atoms with Crippen molar-refractivity contribution in [1.29, 1.82) is 0 Å². The molecule has 0 aromatic heterocycles. The van der Waals surface area contributed by atoms with Crippen LogP contribution in [0.1, 0.15) is 32.8 Å². The van der Waals surface area contributed by atoms with Gasteiger partial charge in [0.05, 0.1) is 17.2 Å². The number of nitrogens with one attached hydrogen (secondary N) is 1. The van der Waals surface area contributed by atoms with Crippen molar-refractivity contribution in [3.8, 4) is 5.75 Å². The first-order valence-corrected chi connectivity index (χ1v) is 7.66. The van der Waals surface area contributed by atoms with Crippen LogP contribution in [0.2, 0.25) is 0 Å². The quantitative estimate of drug-likeness (QED) is 0.700. The first-order valence-electron chi connectivity index (χ1n) is 6.87. The Hall–Kier alpha value is -0.580. The zero-order valence-electron chi connectivity index (χ0n) is 12.0. The van der Waals surface area contributed by atoms with E-state index in [-0.39, 0.29) is 0 Å². The van der Waals surface area contributed by atoms with Crippen molar-refractivity contribution in [3.05, 3.63) is 28.2 Å². The predicted octanol–water partition coefficient (Wildman–Crippen LogP) is 3.75. The number of ether oxygens (including phenoxy) is 2. The van der Waals surface area contributed by atoms with E-state index in [1.165, 1.54) is 5.56 Å². The van der Waals surface area contributed by atoms with E-state index >= 15 is 0 Å². The van der Waals surface area contributed by atoms with Gasteiger partial charge >= 0.3 is 0 Å². The highest BCUT2D eigenvalue weighted by atomic mass is 79.9. The van der Waals surface area contributed by atoms with Gasteiger partial charge in [-0.1, -0.05) is 6.07 Å². The molecule has 0 bridgehead atoms. The van der Waals surface area contributed by atoms with Gasteiger partial charge in [-0.3, -0.25) is 0 Å². The van der Waals surface area contributed by atoms with E-state index in [1.54, 1.807) is 0 Å². The van der Waals surface area contributed by atoms with Crippen LogP contribution in [0.4, 0.5) is 0 Å². The molecule has 1 rings (SSSR count). The lowest BCUT2D eigenvalue weighted by atomic mass is 10.2. The molecule has 0 saturated heterocycles. The SMILES string of the molecule is CCOc1ccc(CNCCCOC(C)C)cc1Br. The zero-order chi connectivity index (χ0) is 14.1. The van der Waals surface area contributed by atoms with Gasteiger partial charge in [-0.05, 0) is 67.4 Å². The molecule has 0 atom stereocenters. The largest absolute Gasteiger partial charge is 0.493 e. The smallest absolute Gasteiger partial charge is 0.133 e. The Morgan fingerprint density at radius 1 is 1.32 bits per heavy atom. The van der Waals surface area contributed by atoms with Gasteiger partial charge < -0.3 is 14.8 Å². The minimum Gasteiger partial charge on any atom is -0.493 e. The van der Waals surface area contributed by atoms with Gasteiger partial charge in [0.2, 0.25) is 0 Å². The van der Waals surface area contributed by atoms with Crippen molar-refractivity contribution >= 4 is 15.9 Å². The summed E-state index contributed by atoms with van der Waals surface area (Å²) in [6.45, 7) is 9.45. The summed E-state index contributed by atoms with van der Waals surface area (Å²) < 4.78 is 12.0. The molecule has 3 nitrogen and oxygen atoms in total. The van der Waals surface area contributed by atoms with Crippen LogP contribution in [-0.4, -0.2) is 25.9 Å². The van der Waals surface area contributed by atoms with Crippen molar-refractivity contribution in [2.45, 2.75) is 39.8 Å². The summed E-state index contributed by atoms with van der Waals surface area (Å²) in [6.07, 6.45) is 1.36. The molecule has 1 N–H and O–H groups in total. The lowest BCUT2D eigenvalue weighted by molar-refractivity contribution is 0.0770. The molecule has 0 unspecified atom stereocenters. The molecule has 0 amide bonds. The second kappa shape index (κ2) is 9.34. The minimum atomic E-state index is 0.321. The third-order valence-electron chi connectivity index (χ3n) is 2.57. The molecular formula is C15H24BrNO2. The van der Waals surface area contributed by atoms with Crippen molar-refractivity contribution in [2.75, 3.05) is 19.8 Å². The maximum Gasteiger partial charge on any atom is 0.133 e. The summed E-state index contributed by atoms with van der Waals surface area (Å²) in [4.78, 5) is 0. The summed E-state index contributed by atoms with van der Waals surface area (Å²) in [5.74, 6) is 0.900. The summed E-state index contributed by atoms with van der Waals surface area (Å²) in [5.41, 5.74) is 1.25. The Bertz CT molecular complexity index is 369. The number of rotatable bonds is 9. The van der Waals surface area contributed by atoms with Gasteiger partial charge in [0.1, 0.15) is 5.75 Å². The molecule has 19 heavy (non-hydrogen) atoms. The first kappa shape index (κ1) is 16.5. The normalized spacial score (nSPS) is 11.0. The molecule has 0 heterocycles. The molecule has 0 aliphatic carbocycles. The second-order valence-corrected chi connectivity index (χ2v) is 5.50. The van der Waals surface area contributed by atoms with Gasteiger partial charge in [-0.2, -0.15) is 0 Å². The van der Waals surface area contributed by atoms with Crippen LogP contribution in [0.15, 0.2) is 22.7 Å². The molecule has 1 aromatic carbocycles. The average molecular weight is 330 g/mol. The average Bonchev–Trinajstić information content (AvgIpc) is 2.36. The zero-order valence-corrected chi connectivity index (χ0v) is 13.6. The van der Waals surface area contributed by atoms with Crippen LogP contribution in [0.5, 0.6) is 5.75 Å². The second-order valence-electron chi connectivity index (χ2n) is 4.65. The topological polar surface area (TPSA) is 30.5 Å². The Morgan fingerprint density at radius 3 is 2.74 bits per heavy atom. The van der Waals surface area contributed by atoms with Gasteiger partial charge in [0.15, 0.2) is 0 Å². The Balaban J connectivity index is 2.24. The summed E-state index contributed by atoms with van der Waals surface area (Å²) in [6, 6.07) is 6.20. The standard InChI is InChI=1S/C15H24BrNO2/c1-4-18-15-7-6-13(10-14(15)16)11-17-8-5-9-19-12(2)3/h6-7,10,12,17H,4-5,8-9,11H2,1-3H3. The highest BCUT2D eigenvalue weighted by Gasteiger charge is 2.02. The summed E-state index contributed by atoms with van der Waals surface area (Å²) >= 11 is 3.53. The molecule has 0 spiro atoms. The van der Waals surface area contributed by atoms with Crippen LogP contribution in [-0.2, 0) is 11.3 Å². The summed E-state index contributed by atoms with van der Waals surface area (Å²) in [7, 11) is 0. The first-order chi connectivity index (χ1) is 9.13. The Kier molecular flexibility index (Phi) is 8.10. The fraction of sp³-hybridized carbons (Fsp3) is 0.600. The Morgan fingerprint density at radius 2 is 2.11 bits per heavy atom. The number of hydrogen-bond acceptors (Lipinski definition) is 3. The van der Waals surface area contributed by atoms with Gasteiger partial charge in [-0.15, -0.1) is 0 Å². The lowest BCUT2D eigenvalue weighted by Crippen LogP contribution is -2.17. The molecule has 1 aromatic rings. The predicted molar refractivity (Wildman–Crippen MR) is 82.7 cm³/mol. The highest BCUT2D eigenvalue weighted by Crippen LogP contribution is 2.25. The Labute approximate surface area is 124 Å². The van der Waals surface area contributed by atoms with Crippen molar-refractivity contribution in [2.24, 2.45) is 0 Å². The minimum absolute atomic E-state index is 0.321. The molecule has 0 aliphatic rings. The van der Waals surface area contributed by atoms with Crippen LogP contribution >= 0.6 is 15.9 Å². The maximum absolute atomic E-state index is 5.49. The highest BCUT2D eigenvalue weighted by molar-refractivity contribution is 9.10. The van der Waals surface area contributed by atoms with E-state index in [1.807, 2.05) is 13.0 Å². The van der Waals surface area contributed by atoms with E-state index < -0.39 is 0 Å². The van der Waals surface area contributed by atoms with E-state index in [4.69, 9.17) is 9.47 Å². The third kappa shape index (κ3) is 6.95. The van der Waals surface area contributed by atoms with Gasteiger partial charge in [0.25, 0.3) is 0 Å². The fourth-order valence-electron chi connectivity index (χ4n) is 1.68. The molecule has 0 saturated carbocycles. The van der Waals surface area contributed by atoms with Crippen LogP contribution in [0.25, 0.3) is 0 Å². The van der Waals surface area contributed by atoms with Crippen molar-refractivity contribution in [3.63, 3.8) is 0 Å². The molecule has 0 fully saturated rings. The summed E-state index contributed by atoms with van der Waals surface area (Å²) in [5, 5.41) is 3.41. The molecular weight excluding hydrogens is 306 g/mol. The van der Waals surface area contributed by atoms with Crippen molar-refractivity contribution < 1.29 is 9.47 Å². The van der Waals surface area contributed by atoms with Gasteiger partial charge in [-0.25, -0.2) is 0 Å². The van der Waals surface area contributed by atoms with E-state index in [9.17, 15) is 0 Å². The fourth-order valence-corrected chi connectivity index (χ4v) is 2.22. The van der Waals surface area contributed by atoms with E-state index in [0.29, 0.717) is 12.7 Å². The number of halogens is 1. The van der Waals surface area contributed by atoms with Crippen LogP contribution < -0.4 is 10.1 Å². The van der Waals surface area contributed by atoms with E-state index in [2.05, 4.69) is 47.2 Å². The number of benzene rings is 1. The molecule has 0 aliphatic heterocycles. The molecule has 108 valence electrons. The number of hydrogen-bond donors (Lipinski definition) is 1. The van der Waals surface area contributed by atoms with E-state index in [0.717, 1.165) is 36.3 Å². The van der Waals surface area contributed by atoms with Gasteiger partial charge in [0, 0.05) is 13.2 Å². The maximum atomic E-state index is 5.49. The van der Waals surface area contributed by atoms with Crippen LogP contribution in [0.3, 0.4) is 0 Å². The van der Waals surface area contributed by atoms with Crippen molar-refractivity contribution in [1.82, 2.24) is 5.32 Å². The third-order valence-corrected chi connectivity index (χ3v) is 3.19.